The molecule has 0 amide bonds. The van der Waals surface area contributed by atoms with Gasteiger partial charge in [-0.25, -0.2) is 4.39 Å². The quantitative estimate of drug-likeness (QED) is 0.752. The number of nitrogens with one attached hydrogen (secondary N) is 1. The van der Waals surface area contributed by atoms with Crippen molar-refractivity contribution in [1.29, 1.82) is 0 Å². The topological polar surface area (TPSA) is 12.0 Å². The molecule has 2 aromatic rings. The Hall–Kier alpha value is -1.06. The van der Waals surface area contributed by atoms with Crippen LogP contribution >= 0.6 is 27.5 Å². The Morgan fingerprint density at radius 2 is 1.95 bits per heavy atom. The molecule has 1 nitrogen and oxygen atoms in total. The highest BCUT2D eigenvalue weighted by atomic mass is 79.9. The van der Waals surface area contributed by atoms with Gasteiger partial charge in [-0.3, -0.25) is 0 Å². The molecule has 0 bridgehead atoms. The van der Waals surface area contributed by atoms with Crippen LogP contribution in [-0.4, -0.2) is 0 Å². The van der Waals surface area contributed by atoms with Crippen LogP contribution in [0.4, 0.5) is 10.1 Å². The van der Waals surface area contributed by atoms with Gasteiger partial charge in [0.05, 0.1) is 6.04 Å². The number of aryl methyl sites for hydroxylation is 1. The van der Waals surface area contributed by atoms with Crippen molar-refractivity contribution in [3.05, 3.63) is 62.8 Å². The summed E-state index contributed by atoms with van der Waals surface area (Å²) in [5.41, 5.74) is 2.63. The molecule has 2 aromatic carbocycles. The molecule has 0 fully saturated rings. The molecule has 2 rings (SSSR count). The first-order chi connectivity index (χ1) is 8.97. The molecule has 0 aromatic heterocycles. The van der Waals surface area contributed by atoms with E-state index in [0.717, 1.165) is 15.7 Å². The summed E-state index contributed by atoms with van der Waals surface area (Å²) in [4.78, 5) is 0. The van der Waals surface area contributed by atoms with E-state index >= 15 is 0 Å². The van der Waals surface area contributed by atoms with Gasteiger partial charge in [-0.05, 0) is 49.7 Å². The molecule has 0 aliphatic carbocycles. The normalized spacial score (nSPS) is 12.3. The van der Waals surface area contributed by atoms with Crippen molar-refractivity contribution in [2.45, 2.75) is 19.9 Å². The van der Waals surface area contributed by atoms with Crippen LogP contribution in [0.3, 0.4) is 0 Å². The van der Waals surface area contributed by atoms with E-state index in [-0.39, 0.29) is 11.9 Å². The van der Waals surface area contributed by atoms with Crippen molar-refractivity contribution in [2.75, 3.05) is 5.32 Å². The Bertz CT molecular complexity index is 601. The Morgan fingerprint density at radius 3 is 2.58 bits per heavy atom. The SMILES string of the molecule is Cc1cc(Cl)ccc1NC(C)c1ccc(Br)cc1F. The zero-order chi connectivity index (χ0) is 14.0. The maximum absolute atomic E-state index is 13.9. The first kappa shape index (κ1) is 14.4. The largest absolute Gasteiger partial charge is 0.378 e. The second-order valence-electron chi connectivity index (χ2n) is 4.49. The Balaban J connectivity index is 2.23. The Morgan fingerprint density at radius 1 is 1.21 bits per heavy atom. The minimum absolute atomic E-state index is 0.118. The summed E-state index contributed by atoms with van der Waals surface area (Å²) in [6.45, 7) is 3.90. The van der Waals surface area contributed by atoms with Crippen molar-refractivity contribution in [3.63, 3.8) is 0 Å². The number of hydrogen-bond acceptors (Lipinski definition) is 1. The molecular formula is C15H14BrClFN. The van der Waals surface area contributed by atoms with E-state index in [4.69, 9.17) is 11.6 Å². The molecule has 1 N–H and O–H groups in total. The first-order valence-electron chi connectivity index (χ1n) is 5.95. The van der Waals surface area contributed by atoms with Crippen molar-refractivity contribution < 1.29 is 4.39 Å². The highest BCUT2D eigenvalue weighted by Gasteiger charge is 2.12. The van der Waals surface area contributed by atoms with Gasteiger partial charge in [-0.1, -0.05) is 33.6 Å². The van der Waals surface area contributed by atoms with E-state index in [0.29, 0.717) is 10.6 Å². The van der Waals surface area contributed by atoms with Crippen molar-refractivity contribution in [1.82, 2.24) is 0 Å². The number of hydrogen-bond donors (Lipinski definition) is 1. The molecule has 0 saturated carbocycles. The van der Waals surface area contributed by atoms with E-state index in [1.807, 2.05) is 38.1 Å². The third-order valence-corrected chi connectivity index (χ3v) is 3.72. The predicted molar refractivity (Wildman–Crippen MR) is 82.3 cm³/mol. The highest BCUT2D eigenvalue weighted by Crippen LogP contribution is 2.27. The Kier molecular flexibility index (Phi) is 4.48. The lowest BCUT2D eigenvalue weighted by molar-refractivity contribution is 0.599. The summed E-state index contributed by atoms with van der Waals surface area (Å²) >= 11 is 9.18. The van der Waals surface area contributed by atoms with Gasteiger partial charge in [-0.15, -0.1) is 0 Å². The highest BCUT2D eigenvalue weighted by molar-refractivity contribution is 9.10. The molecule has 0 saturated heterocycles. The molecule has 1 unspecified atom stereocenters. The van der Waals surface area contributed by atoms with Crippen LogP contribution in [0.25, 0.3) is 0 Å². The van der Waals surface area contributed by atoms with Crippen LogP contribution in [0.2, 0.25) is 5.02 Å². The third kappa shape index (κ3) is 3.48. The molecule has 19 heavy (non-hydrogen) atoms. The predicted octanol–water partition coefficient (Wildman–Crippen LogP) is 5.72. The van der Waals surface area contributed by atoms with Crippen molar-refractivity contribution in [2.24, 2.45) is 0 Å². The van der Waals surface area contributed by atoms with Gasteiger partial charge in [0, 0.05) is 20.7 Å². The summed E-state index contributed by atoms with van der Waals surface area (Å²) in [7, 11) is 0. The van der Waals surface area contributed by atoms with Crippen molar-refractivity contribution in [3.8, 4) is 0 Å². The van der Waals surface area contributed by atoms with Gasteiger partial charge in [0.15, 0.2) is 0 Å². The molecule has 0 aliphatic heterocycles. The molecule has 0 radical (unpaired) electrons. The third-order valence-electron chi connectivity index (χ3n) is 2.99. The maximum atomic E-state index is 13.9. The van der Waals surface area contributed by atoms with Crippen LogP contribution in [0, 0.1) is 12.7 Å². The van der Waals surface area contributed by atoms with Crippen molar-refractivity contribution >= 4 is 33.2 Å². The van der Waals surface area contributed by atoms with Crippen LogP contribution in [-0.2, 0) is 0 Å². The summed E-state index contributed by atoms with van der Waals surface area (Å²) in [5, 5.41) is 4.00. The second-order valence-corrected chi connectivity index (χ2v) is 5.84. The molecule has 0 spiro atoms. The number of halogens is 3. The molecule has 1 atom stereocenters. The lowest BCUT2D eigenvalue weighted by atomic mass is 10.1. The fourth-order valence-corrected chi connectivity index (χ4v) is 2.51. The van der Waals surface area contributed by atoms with Gasteiger partial charge in [0.2, 0.25) is 0 Å². The van der Waals surface area contributed by atoms with Gasteiger partial charge in [-0.2, -0.15) is 0 Å². The van der Waals surface area contributed by atoms with Crippen LogP contribution in [0.1, 0.15) is 24.1 Å². The fraction of sp³-hybridized carbons (Fsp3) is 0.200. The van der Waals surface area contributed by atoms with Gasteiger partial charge < -0.3 is 5.32 Å². The van der Waals surface area contributed by atoms with E-state index in [1.165, 1.54) is 6.07 Å². The summed E-state index contributed by atoms with van der Waals surface area (Å²) in [6, 6.07) is 10.6. The maximum Gasteiger partial charge on any atom is 0.129 e. The minimum atomic E-state index is -0.221. The van der Waals surface area contributed by atoms with Crippen LogP contribution in [0.5, 0.6) is 0 Å². The average Bonchev–Trinajstić information content (AvgIpc) is 2.32. The van der Waals surface area contributed by atoms with Crippen LogP contribution < -0.4 is 5.32 Å². The summed E-state index contributed by atoms with van der Waals surface area (Å²) in [5.74, 6) is -0.221. The molecule has 100 valence electrons. The number of benzene rings is 2. The lowest BCUT2D eigenvalue weighted by Gasteiger charge is -2.18. The Labute approximate surface area is 125 Å². The average molecular weight is 343 g/mol. The number of rotatable bonds is 3. The van der Waals surface area contributed by atoms with E-state index < -0.39 is 0 Å². The van der Waals surface area contributed by atoms with Gasteiger partial charge in [0.1, 0.15) is 5.82 Å². The smallest absolute Gasteiger partial charge is 0.129 e. The minimum Gasteiger partial charge on any atom is -0.378 e. The van der Waals surface area contributed by atoms with Gasteiger partial charge >= 0.3 is 0 Å². The van der Waals surface area contributed by atoms with E-state index in [1.54, 1.807) is 6.07 Å². The first-order valence-corrected chi connectivity index (χ1v) is 7.12. The number of anilines is 1. The molecule has 0 heterocycles. The fourth-order valence-electron chi connectivity index (χ4n) is 1.95. The van der Waals surface area contributed by atoms with E-state index in [2.05, 4.69) is 21.2 Å². The molecular weight excluding hydrogens is 329 g/mol. The zero-order valence-corrected chi connectivity index (χ0v) is 13.0. The molecule has 0 aliphatic rings. The summed E-state index contributed by atoms with van der Waals surface area (Å²) in [6.07, 6.45) is 0. The monoisotopic (exact) mass is 341 g/mol. The zero-order valence-electron chi connectivity index (χ0n) is 10.7. The summed E-state index contributed by atoms with van der Waals surface area (Å²) < 4.78 is 14.6. The molecule has 4 heteroatoms. The van der Waals surface area contributed by atoms with Crippen LogP contribution in [0.15, 0.2) is 40.9 Å². The standard InChI is InChI=1S/C15H14BrClFN/c1-9-7-12(17)4-6-15(9)19-10(2)13-5-3-11(16)8-14(13)18/h3-8,10,19H,1-2H3. The lowest BCUT2D eigenvalue weighted by Crippen LogP contribution is -2.09. The second kappa shape index (κ2) is 5.93. The van der Waals surface area contributed by atoms with E-state index in [9.17, 15) is 4.39 Å². The van der Waals surface area contributed by atoms with Gasteiger partial charge in [0.25, 0.3) is 0 Å².